The zero-order valence-corrected chi connectivity index (χ0v) is 21.9. The number of guanidine groups is 1. The molecule has 0 saturated heterocycles. The van der Waals surface area contributed by atoms with E-state index >= 15 is 0 Å². The molecule has 1 amide bonds. The summed E-state index contributed by atoms with van der Waals surface area (Å²) in [6.45, 7) is 5.10. The highest BCUT2D eigenvalue weighted by Crippen LogP contribution is 2.12. The van der Waals surface area contributed by atoms with Gasteiger partial charge in [-0.2, -0.15) is 0 Å². The molecule has 0 saturated carbocycles. The molecule has 2 aromatic rings. The Morgan fingerprint density at radius 2 is 1.48 bits per heavy atom. The number of rotatable bonds is 13. The van der Waals surface area contributed by atoms with Gasteiger partial charge in [-0.05, 0) is 48.7 Å². The molecule has 0 fully saturated rings. The average Bonchev–Trinajstić information content (AvgIpc) is 2.84. The Hall–Kier alpha value is -2.53. The van der Waals surface area contributed by atoms with Crippen LogP contribution in [0.1, 0.15) is 24.5 Å². The molecule has 0 aliphatic rings. The molecular weight excluding hydrogens is 535 g/mol. The van der Waals surface area contributed by atoms with Crippen LogP contribution in [0.3, 0.4) is 0 Å². The summed E-state index contributed by atoms with van der Waals surface area (Å²) in [5.74, 6) is 2.06. The normalized spacial score (nSPS) is 10.7. The van der Waals surface area contributed by atoms with E-state index in [4.69, 9.17) is 14.2 Å². The summed E-state index contributed by atoms with van der Waals surface area (Å²) in [5.41, 5.74) is 2.05. The monoisotopic (exact) mass is 570 g/mol. The zero-order chi connectivity index (χ0) is 23.0. The van der Waals surface area contributed by atoms with Crippen molar-refractivity contribution in [2.45, 2.75) is 26.4 Å². The maximum atomic E-state index is 12.3. The van der Waals surface area contributed by atoms with Gasteiger partial charge in [-0.25, -0.2) is 4.99 Å². The summed E-state index contributed by atoms with van der Waals surface area (Å²) in [5, 5.41) is 9.26. The summed E-state index contributed by atoms with van der Waals surface area (Å²) in [6, 6.07) is 15.3. The fourth-order valence-electron chi connectivity index (χ4n) is 2.77. The van der Waals surface area contributed by atoms with Gasteiger partial charge in [0.2, 0.25) is 5.91 Å². The van der Waals surface area contributed by atoms with E-state index in [1.165, 1.54) is 0 Å². The molecule has 0 bridgehead atoms. The molecule has 33 heavy (non-hydrogen) atoms. The van der Waals surface area contributed by atoms with Crippen LogP contribution in [0.4, 0.5) is 0 Å². The molecule has 0 unspecified atom stereocenters. The van der Waals surface area contributed by atoms with Gasteiger partial charge >= 0.3 is 0 Å². The second-order valence-electron chi connectivity index (χ2n) is 6.97. The number of methoxy groups -OCH3 is 2. The molecule has 0 radical (unpaired) electrons. The lowest BCUT2D eigenvalue weighted by molar-refractivity contribution is -0.120. The minimum absolute atomic E-state index is 0. The molecule has 8 nitrogen and oxygen atoms in total. The van der Waals surface area contributed by atoms with E-state index in [1.807, 2.05) is 55.5 Å². The summed E-state index contributed by atoms with van der Waals surface area (Å²) in [7, 11) is 3.27. The Morgan fingerprint density at radius 3 is 2.06 bits per heavy atom. The number of aliphatic imine (C=N–C) groups is 1. The first-order chi connectivity index (χ1) is 15.6. The summed E-state index contributed by atoms with van der Waals surface area (Å²) < 4.78 is 15.7. The van der Waals surface area contributed by atoms with Crippen molar-refractivity contribution < 1.29 is 19.0 Å². The van der Waals surface area contributed by atoms with Gasteiger partial charge in [0.25, 0.3) is 0 Å². The predicted octanol–water partition coefficient (Wildman–Crippen LogP) is 3.10. The number of nitrogens with one attached hydrogen (secondary N) is 3. The van der Waals surface area contributed by atoms with E-state index in [-0.39, 0.29) is 36.4 Å². The predicted molar refractivity (Wildman–Crippen MR) is 142 cm³/mol. The molecule has 9 heteroatoms. The molecule has 182 valence electrons. The topological polar surface area (TPSA) is 93.2 Å². The van der Waals surface area contributed by atoms with Crippen LogP contribution >= 0.6 is 24.0 Å². The molecule has 0 heterocycles. The minimum atomic E-state index is -0.117. The number of hydrogen-bond acceptors (Lipinski definition) is 5. The largest absolute Gasteiger partial charge is 0.497 e. The molecule has 0 aliphatic carbocycles. The van der Waals surface area contributed by atoms with Crippen molar-refractivity contribution in [3.8, 4) is 11.5 Å². The average molecular weight is 570 g/mol. The van der Waals surface area contributed by atoms with Crippen molar-refractivity contribution >= 4 is 35.8 Å². The third kappa shape index (κ3) is 11.8. The minimum Gasteiger partial charge on any atom is -0.497 e. The van der Waals surface area contributed by atoms with Crippen LogP contribution in [0, 0.1) is 0 Å². The Labute approximate surface area is 213 Å². The highest BCUT2D eigenvalue weighted by molar-refractivity contribution is 14.0. The number of hydrogen-bond donors (Lipinski definition) is 3. The lowest BCUT2D eigenvalue weighted by Crippen LogP contribution is -2.43. The van der Waals surface area contributed by atoms with E-state index in [2.05, 4.69) is 20.9 Å². The smallest absolute Gasteiger partial charge is 0.239 e. The Kier molecular flexibility index (Phi) is 14.7. The van der Waals surface area contributed by atoms with E-state index in [0.717, 1.165) is 29.0 Å². The quantitative estimate of drug-likeness (QED) is 0.148. The first-order valence-corrected chi connectivity index (χ1v) is 10.8. The van der Waals surface area contributed by atoms with Gasteiger partial charge in [-0.3, -0.25) is 4.79 Å². The van der Waals surface area contributed by atoms with Crippen LogP contribution in [-0.4, -0.2) is 52.4 Å². The van der Waals surface area contributed by atoms with Crippen molar-refractivity contribution in [1.29, 1.82) is 0 Å². The first-order valence-electron chi connectivity index (χ1n) is 10.8. The third-order valence-corrected chi connectivity index (χ3v) is 4.61. The fraction of sp³-hybridized carbons (Fsp3) is 0.417. The van der Waals surface area contributed by atoms with Crippen molar-refractivity contribution in [1.82, 2.24) is 16.0 Å². The lowest BCUT2D eigenvalue weighted by atomic mass is 10.2. The second-order valence-corrected chi connectivity index (χ2v) is 6.97. The van der Waals surface area contributed by atoms with Crippen LogP contribution in [-0.2, 0) is 22.6 Å². The molecule has 0 aliphatic heterocycles. The van der Waals surface area contributed by atoms with Gasteiger partial charge in [-0.15, -0.1) is 24.0 Å². The summed E-state index contributed by atoms with van der Waals surface area (Å²) in [4.78, 5) is 16.9. The number of ether oxygens (including phenoxy) is 3. The number of benzene rings is 2. The fourth-order valence-corrected chi connectivity index (χ4v) is 2.77. The number of amides is 1. The number of halogens is 1. The van der Waals surface area contributed by atoms with Crippen LogP contribution < -0.4 is 25.4 Å². The number of carbonyl (C=O) groups is 1. The molecule has 0 atom stereocenters. The molecular formula is C24H35IN4O4. The maximum Gasteiger partial charge on any atom is 0.239 e. The Balaban J connectivity index is 0.00000544. The van der Waals surface area contributed by atoms with Crippen LogP contribution in [0.25, 0.3) is 0 Å². The summed E-state index contributed by atoms with van der Waals surface area (Å²) >= 11 is 0. The standard InChI is InChI=1S/C24H34N4O4.HI/c1-4-32-15-5-14-25-24(27-17-20-8-12-22(31-3)13-9-20)28-18-23(29)26-16-19-6-10-21(30-2)11-7-19;/h6-13H,4-5,14-18H2,1-3H3,(H,26,29)(H2,25,27,28);1H. The highest BCUT2D eigenvalue weighted by atomic mass is 127. The summed E-state index contributed by atoms with van der Waals surface area (Å²) in [6.07, 6.45) is 0.848. The van der Waals surface area contributed by atoms with Crippen molar-refractivity contribution in [3.05, 3.63) is 59.7 Å². The molecule has 2 aromatic carbocycles. The second kappa shape index (κ2) is 17.0. The van der Waals surface area contributed by atoms with Crippen molar-refractivity contribution in [3.63, 3.8) is 0 Å². The van der Waals surface area contributed by atoms with E-state index in [1.54, 1.807) is 14.2 Å². The first kappa shape index (κ1) is 28.5. The Morgan fingerprint density at radius 1 is 0.879 bits per heavy atom. The van der Waals surface area contributed by atoms with E-state index in [0.29, 0.717) is 38.8 Å². The van der Waals surface area contributed by atoms with E-state index < -0.39 is 0 Å². The van der Waals surface area contributed by atoms with Gasteiger partial charge in [0.05, 0.1) is 27.3 Å². The van der Waals surface area contributed by atoms with Crippen LogP contribution in [0.2, 0.25) is 0 Å². The van der Waals surface area contributed by atoms with Crippen molar-refractivity contribution in [2.75, 3.05) is 40.5 Å². The van der Waals surface area contributed by atoms with Gasteiger partial charge in [0, 0.05) is 26.3 Å². The van der Waals surface area contributed by atoms with Gasteiger partial charge < -0.3 is 30.2 Å². The van der Waals surface area contributed by atoms with E-state index in [9.17, 15) is 4.79 Å². The van der Waals surface area contributed by atoms with Gasteiger partial charge in [-0.1, -0.05) is 24.3 Å². The maximum absolute atomic E-state index is 12.3. The SMILES string of the molecule is CCOCCCNC(=NCc1ccc(OC)cc1)NCC(=O)NCc1ccc(OC)cc1.I. The van der Waals surface area contributed by atoms with Gasteiger partial charge in [0.1, 0.15) is 11.5 Å². The number of nitrogens with zero attached hydrogens (tertiary/aromatic N) is 1. The third-order valence-electron chi connectivity index (χ3n) is 4.61. The molecule has 0 spiro atoms. The van der Waals surface area contributed by atoms with Crippen molar-refractivity contribution in [2.24, 2.45) is 4.99 Å². The number of carbonyl (C=O) groups excluding carboxylic acids is 1. The van der Waals surface area contributed by atoms with Crippen LogP contribution in [0.5, 0.6) is 11.5 Å². The highest BCUT2D eigenvalue weighted by Gasteiger charge is 2.05. The molecule has 0 aromatic heterocycles. The zero-order valence-electron chi connectivity index (χ0n) is 19.6. The molecule has 3 N–H and O–H groups in total. The molecule has 2 rings (SSSR count). The van der Waals surface area contributed by atoms with Crippen LogP contribution in [0.15, 0.2) is 53.5 Å². The lowest BCUT2D eigenvalue weighted by Gasteiger charge is -2.13. The Bertz CT molecular complexity index is 829. The van der Waals surface area contributed by atoms with Gasteiger partial charge in [0.15, 0.2) is 5.96 Å².